The molecule has 3 N–H and O–H groups in total. The van der Waals surface area contributed by atoms with Gasteiger partial charge in [-0.2, -0.15) is 0 Å². The van der Waals surface area contributed by atoms with E-state index in [2.05, 4.69) is 5.32 Å². The van der Waals surface area contributed by atoms with E-state index in [0.717, 1.165) is 38.5 Å². The maximum Gasteiger partial charge on any atom is 0.226 e. The molecule has 1 saturated carbocycles. The largest absolute Gasteiger partial charge is 0.385 e. The fourth-order valence-corrected chi connectivity index (χ4v) is 2.43. The molecular formula is C12H25ClN2O2. The van der Waals surface area contributed by atoms with E-state index in [1.807, 2.05) is 0 Å². The molecule has 0 bridgehead atoms. The zero-order valence-electron chi connectivity index (χ0n) is 10.7. The highest BCUT2D eigenvalue weighted by atomic mass is 35.5. The van der Waals surface area contributed by atoms with Crippen LogP contribution in [0.1, 0.15) is 38.5 Å². The van der Waals surface area contributed by atoms with E-state index in [9.17, 15) is 4.79 Å². The summed E-state index contributed by atoms with van der Waals surface area (Å²) >= 11 is 0. The zero-order valence-corrected chi connectivity index (χ0v) is 11.5. The molecule has 0 aliphatic heterocycles. The van der Waals surface area contributed by atoms with Crippen LogP contribution in [0.25, 0.3) is 0 Å². The van der Waals surface area contributed by atoms with Gasteiger partial charge in [0.1, 0.15) is 0 Å². The first-order chi connectivity index (χ1) is 7.75. The van der Waals surface area contributed by atoms with Crippen LogP contribution in [-0.4, -0.2) is 32.7 Å². The number of hydrogen-bond donors (Lipinski definition) is 2. The quantitative estimate of drug-likeness (QED) is 0.685. The van der Waals surface area contributed by atoms with Gasteiger partial charge in [0.25, 0.3) is 0 Å². The highest BCUT2D eigenvalue weighted by Gasteiger charge is 2.40. The van der Waals surface area contributed by atoms with Gasteiger partial charge in [0.2, 0.25) is 5.91 Å². The van der Waals surface area contributed by atoms with Gasteiger partial charge in [-0.25, -0.2) is 0 Å². The van der Waals surface area contributed by atoms with Gasteiger partial charge in [0.15, 0.2) is 0 Å². The van der Waals surface area contributed by atoms with Crippen LogP contribution in [0.5, 0.6) is 0 Å². The normalized spacial score (nSPS) is 17.5. The molecule has 0 saturated heterocycles. The van der Waals surface area contributed by atoms with Gasteiger partial charge < -0.3 is 15.8 Å². The summed E-state index contributed by atoms with van der Waals surface area (Å²) < 4.78 is 5.10. The van der Waals surface area contributed by atoms with Crippen molar-refractivity contribution in [3.8, 4) is 0 Å². The van der Waals surface area contributed by atoms with E-state index in [0.29, 0.717) is 19.7 Å². The molecule has 0 atom stereocenters. The molecule has 0 aromatic rings. The summed E-state index contributed by atoms with van der Waals surface area (Å²) in [5.41, 5.74) is 5.25. The molecule has 17 heavy (non-hydrogen) atoms. The number of carbonyl (C=O) groups excluding carboxylic acids is 1. The van der Waals surface area contributed by atoms with E-state index >= 15 is 0 Å². The predicted molar refractivity (Wildman–Crippen MR) is 71.3 cm³/mol. The highest BCUT2D eigenvalue weighted by Crippen LogP contribution is 2.41. The SMILES string of the molecule is COCCC1(C(=O)NCCCN)CCCC1.Cl. The lowest BCUT2D eigenvalue weighted by Crippen LogP contribution is -2.40. The first-order valence-corrected chi connectivity index (χ1v) is 6.22. The van der Waals surface area contributed by atoms with Crippen LogP contribution >= 0.6 is 12.4 Å². The molecule has 1 aliphatic rings. The average Bonchev–Trinajstić information content (AvgIpc) is 2.76. The zero-order chi connectivity index (χ0) is 11.9. The molecule has 0 aromatic heterocycles. The predicted octanol–water partition coefficient (Wildman–Crippen LogP) is 1.47. The number of amides is 1. The summed E-state index contributed by atoms with van der Waals surface area (Å²) in [4.78, 5) is 12.1. The number of hydrogen-bond acceptors (Lipinski definition) is 3. The number of nitrogens with two attached hydrogens (primary N) is 1. The summed E-state index contributed by atoms with van der Waals surface area (Å²) in [5, 5.41) is 3.00. The number of rotatable bonds is 7. The van der Waals surface area contributed by atoms with E-state index < -0.39 is 0 Å². The Kier molecular flexibility index (Phi) is 8.56. The van der Waals surface area contributed by atoms with Gasteiger partial charge in [0.05, 0.1) is 5.41 Å². The fraction of sp³-hybridized carbons (Fsp3) is 0.917. The van der Waals surface area contributed by atoms with Crippen LogP contribution in [0, 0.1) is 5.41 Å². The standard InChI is InChI=1S/C12H24N2O2.ClH/c1-16-10-7-12(5-2-3-6-12)11(15)14-9-4-8-13;/h2-10,13H2,1H3,(H,14,15);1H. The van der Waals surface area contributed by atoms with E-state index in [1.54, 1.807) is 7.11 Å². The molecule has 1 amide bonds. The number of carbonyl (C=O) groups is 1. The Hall–Kier alpha value is -0.320. The van der Waals surface area contributed by atoms with E-state index in [-0.39, 0.29) is 23.7 Å². The molecule has 0 heterocycles. The van der Waals surface area contributed by atoms with Crippen LogP contribution in [0.15, 0.2) is 0 Å². The smallest absolute Gasteiger partial charge is 0.226 e. The maximum atomic E-state index is 12.1. The van der Waals surface area contributed by atoms with Crippen molar-refractivity contribution in [1.82, 2.24) is 5.32 Å². The number of nitrogens with one attached hydrogen (secondary N) is 1. The van der Waals surface area contributed by atoms with Crippen LogP contribution in [0.2, 0.25) is 0 Å². The molecule has 0 spiro atoms. The summed E-state index contributed by atoms with van der Waals surface area (Å²) in [6.45, 7) is 2.00. The van der Waals surface area contributed by atoms with Crippen molar-refractivity contribution in [2.45, 2.75) is 38.5 Å². The van der Waals surface area contributed by atoms with Crippen LogP contribution < -0.4 is 11.1 Å². The van der Waals surface area contributed by atoms with Crippen LogP contribution in [-0.2, 0) is 9.53 Å². The third-order valence-corrected chi connectivity index (χ3v) is 3.49. The Bertz CT molecular complexity index is 219. The van der Waals surface area contributed by atoms with Crippen LogP contribution in [0.4, 0.5) is 0 Å². The lowest BCUT2D eigenvalue weighted by Gasteiger charge is -2.27. The Morgan fingerprint density at radius 1 is 1.41 bits per heavy atom. The molecule has 0 unspecified atom stereocenters. The minimum absolute atomic E-state index is 0. The maximum absolute atomic E-state index is 12.1. The van der Waals surface area contributed by atoms with Crippen molar-refractivity contribution in [3.05, 3.63) is 0 Å². The molecule has 4 nitrogen and oxygen atoms in total. The molecule has 102 valence electrons. The minimum Gasteiger partial charge on any atom is -0.385 e. The summed E-state index contributed by atoms with van der Waals surface area (Å²) in [7, 11) is 1.69. The summed E-state index contributed by atoms with van der Waals surface area (Å²) in [6.07, 6.45) is 6.03. The van der Waals surface area contributed by atoms with Crippen molar-refractivity contribution >= 4 is 18.3 Å². The van der Waals surface area contributed by atoms with E-state index in [4.69, 9.17) is 10.5 Å². The second-order valence-electron chi connectivity index (χ2n) is 4.63. The lowest BCUT2D eigenvalue weighted by atomic mass is 9.82. The molecule has 1 aliphatic carbocycles. The van der Waals surface area contributed by atoms with Gasteiger partial charge in [-0.1, -0.05) is 12.8 Å². The highest BCUT2D eigenvalue weighted by molar-refractivity contribution is 5.85. The van der Waals surface area contributed by atoms with Crippen molar-refractivity contribution in [1.29, 1.82) is 0 Å². The second kappa shape index (κ2) is 8.72. The lowest BCUT2D eigenvalue weighted by molar-refractivity contribution is -0.131. The number of ether oxygens (including phenoxy) is 1. The van der Waals surface area contributed by atoms with Gasteiger partial charge in [0, 0.05) is 20.3 Å². The molecule has 5 heteroatoms. The Balaban J connectivity index is 0.00000256. The Morgan fingerprint density at radius 3 is 2.59 bits per heavy atom. The molecular weight excluding hydrogens is 240 g/mol. The molecule has 0 aromatic carbocycles. The first kappa shape index (κ1) is 16.7. The second-order valence-corrected chi connectivity index (χ2v) is 4.63. The summed E-state index contributed by atoms with van der Waals surface area (Å²) in [6, 6.07) is 0. The van der Waals surface area contributed by atoms with Gasteiger partial charge >= 0.3 is 0 Å². The Morgan fingerprint density at radius 2 is 2.06 bits per heavy atom. The third kappa shape index (κ3) is 4.82. The monoisotopic (exact) mass is 264 g/mol. The van der Waals surface area contributed by atoms with Gasteiger partial charge in [-0.05, 0) is 32.2 Å². The van der Waals surface area contributed by atoms with Crippen LogP contribution in [0.3, 0.4) is 0 Å². The fourth-order valence-electron chi connectivity index (χ4n) is 2.43. The minimum atomic E-state index is -0.162. The van der Waals surface area contributed by atoms with Crippen molar-refractivity contribution in [2.75, 3.05) is 26.8 Å². The van der Waals surface area contributed by atoms with E-state index in [1.165, 1.54) is 0 Å². The molecule has 0 radical (unpaired) electrons. The Labute approximate surface area is 110 Å². The van der Waals surface area contributed by atoms with Crippen molar-refractivity contribution in [2.24, 2.45) is 11.1 Å². The van der Waals surface area contributed by atoms with Crippen molar-refractivity contribution < 1.29 is 9.53 Å². The van der Waals surface area contributed by atoms with Gasteiger partial charge in [-0.15, -0.1) is 12.4 Å². The first-order valence-electron chi connectivity index (χ1n) is 6.22. The molecule has 1 rings (SSSR count). The third-order valence-electron chi connectivity index (χ3n) is 3.49. The topological polar surface area (TPSA) is 64.3 Å². The average molecular weight is 265 g/mol. The summed E-state index contributed by atoms with van der Waals surface area (Å²) in [5.74, 6) is 0.204. The number of halogens is 1. The number of methoxy groups -OCH3 is 1. The van der Waals surface area contributed by atoms with Gasteiger partial charge in [-0.3, -0.25) is 4.79 Å². The molecule has 1 fully saturated rings. The van der Waals surface area contributed by atoms with Crippen molar-refractivity contribution in [3.63, 3.8) is 0 Å².